The van der Waals surface area contributed by atoms with Crippen molar-refractivity contribution in [1.29, 1.82) is 0 Å². The summed E-state index contributed by atoms with van der Waals surface area (Å²) in [5, 5.41) is 11.7. The molecule has 0 aliphatic carbocycles. The summed E-state index contributed by atoms with van der Waals surface area (Å²) < 4.78 is 0. The van der Waals surface area contributed by atoms with Crippen LogP contribution in [0, 0.1) is 6.92 Å². The fraction of sp³-hybridized carbons (Fsp3) is 0.429. The normalized spacial score (nSPS) is 11.6. The molecule has 0 bridgehead atoms. The van der Waals surface area contributed by atoms with Crippen molar-refractivity contribution in [2.24, 2.45) is 0 Å². The molecule has 0 aromatic carbocycles. The number of carboxylic acid groups (broad SMARTS) is 1. The zero-order chi connectivity index (χ0) is 16.0. The lowest BCUT2D eigenvalue weighted by Gasteiger charge is -2.26. The van der Waals surface area contributed by atoms with Gasteiger partial charge < -0.3 is 15.3 Å². The maximum Gasteiger partial charge on any atom is 0.326 e. The number of carbonyl (C=O) groups excluding carboxylic acids is 2. The van der Waals surface area contributed by atoms with E-state index in [-0.39, 0.29) is 24.7 Å². The first-order chi connectivity index (χ1) is 9.82. The number of hydrogen-bond donors (Lipinski definition) is 2. The molecule has 2 N–H and O–H groups in total. The van der Waals surface area contributed by atoms with Gasteiger partial charge in [-0.1, -0.05) is 6.07 Å². The zero-order valence-corrected chi connectivity index (χ0v) is 12.3. The van der Waals surface area contributed by atoms with Crippen LogP contribution in [0.25, 0.3) is 0 Å². The predicted octanol–water partition coefficient (Wildman–Crippen LogP) is 0.441. The molecule has 114 valence electrons. The SMILES string of the molecule is CC(=O)NCCN(C(=O)c1cccc(C)n1)C(C)C(=O)O. The number of aryl methyl sites for hydroxylation is 1. The van der Waals surface area contributed by atoms with Gasteiger partial charge in [0.1, 0.15) is 11.7 Å². The van der Waals surface area contributed by atoms with Crippen LogP contribution in [0.15, 0.2) is 18.2 Å². The molecule has 2 amide bonds. The molecule has 0 aliphatic heterocycles. The third-order valence-corrected chi connectivity index (χ3v) is 2.92. The summed E-state index contributed by atoms with van der Waals surface area (Å²) in [6.45, 7) is 4.81. The van der Waals surface area contributed by atoms with E-state index >= 15 is 0 Å². The lowest BCUT2D eigenvalue weighted by Crippen LogP contribution is -2.47. The highest BCUT2D eigenvalue weighted by atomic mass is 16.4. The van der Waals surface area contributed by atoms with E-state index in [1.54, 1.807) is 19.1 Å². The molecule has 1 aromatic heterocycles. The van der Waals surface area contributed by atoms with Gasteiger partial charge in [0.25, 0.3) is 5.91 Å². The highest BCUT2D eigenvalue weighted by Crippen LogP contribution is 2.07. The smallest absolute Gasteiger partial charge is 0.326 e. The van der Waals surface area contributed by atoms with Gasteiger partial charge in [-0.15, -0.1) is 0 Å². The molecular formula is C14H19N3O4. The molecule has 0 fully saturated rings. The van der Waals surface area contributed by atoms with Crippen LogP contribution < -0.4 is 5.32 Å². The number of pyridine rings is 1. The number of nitrogens with zero attached hydrogens (tertiary/aromatic N) is 2. The monoisotopic (exact) mass is 293 g/mol. The molecular weight excluding hydrogens is 274 g/mol. The third kappa shape index (κ3) is 4.87. The van der Waals surface area contributed by atoms with Crippen LogP contribution in [0.5, 0.6) is 0 Å². The van der Waals surface area contributed by atoms with Gasteiger partial charge in [-0.3, -0.25) is 9.59 Å². The number of carboxylic acids is 1. The first-order valence-electron chi connectivity index (χ1n) is 6.54. The van der Waals surface area contributed by atoms with Crippen molar-refractivity contribution < 1.29 is 19.5 Å². The second-order valence-electron chi connectivity index (χ2n) is 4.66. The van der Waals surface area contributed by atoms with Gasteiger partial charge in [-0.25, -0.2) is 9.78 Å². The van der Waals surface area contributed by atoms with E-state index in [1.165, 1.54) is 24.8 Å². The third-order valence-electron chi connectivity index (χ3n) is 2.92. The molecule has 1 rings (SSSR count). The van der Waals surface area contributed by atoms with E-state index in [1.807, 2.05) is 0 Å². The molecule has 0 aliphatic rings. The Labute approximate surface area is 123 Å². The van der Waals surface area contributed by atoms with Crippen molar-refractivity contribution in [2.75, 3.05) is 13.1 Å². The van der Waals surface area contributed by atoms with E-state index in [4.69, 9.17) is 5.11 Å². The number of aromatic nitrogens is 1. The average molecular weight is 293 g/mol. The highest BCUT2D eigenvalue weighted by molar-refractivity contribution is 5.95. The van der Waals surface area contributed by atoms with Crippen molar-refractivity contribution in [2.45, 2.75) is 26.8 Å². The maximum absolute atomic E-state index is 12.4. The fourth-order valence-corrected chi connectivity index (χ4v) is 1.77. The highest BCUT2D eigenvalue weighted by Gasteiger charge is 2.26. The van der Waals surface area contributed by atoms with E-state index in [0.717, 1.165) is 0 Å². The summed E-state index contributed by atoms with van der Waals surface area (Å²) in [4.78, 5) is 39.7. The van der Waals surface area contributed by atoms with Crippen molar-refractivity contribution >= 4 is 17.8 Å². The number of rotatable bonds is 6. The first-order valence-corrected chi connectivity index (χ1v) is 6.54. The quantitative estimate of drug-likeness (QED) is 0.793. The Kier molecular flexibility index (Phi) is 5.83. The maximum atomic E-state index is 12.4. The Bertz CT molecular complexity index is 545. The Morgan fingerprint density at radius 2 is 2.05 bits per heavy atom. The van der Waals surface area contributed by atoms with Gasteiger partial charge in [0, 0.05) is 25.7 Å². The standard InChI is InChI=1S/C14H19N3O4/c1-9-5-4-6-12(16-9)13(19)17(10(2)14(20)21)8-7-15-11(3)18/h4-6,10H,7-8H2,1-3H3,(H,15,18)(H,20,21). The predicted molar refractivity (Wildman–Crippen MR) is 75.8 cm³/mol. The van der Waals surface area contributed by atoms with Crippen LogP contribution in [0.4, 0.5) is 0 Å². The second-order valence-corrected chi connectivity index (χ2v) is 4.66. The van der Waals surface area contributed by atoms with Crippen molar-refractivity contribution in [3.8, 4) is 0 Å². The van der Waals surface area contributed by atoms with Crippen LogP contribution in [-0.4, -0.2) is 51.9 Å². The molecule has 1 unspecified atom stereocenters. The first kappa shape index (κ1) is 16.6. The lowest BCUT2D eigenvalue weighted by molar-refractivity contribution is -0.141. The summed E-state index contributed by atoms with van der Waals surface area (Å²) in [5.41, 5.74) is 0.858. The van der Waals surface area contributed by atoms with Gasteiger partial charge in [-0.05, 0) is 26.0 Å². The number of amides is 2. The van der Waals surface area contributed by atoms with Gasteiger partial charge in [0.15, 0.2) is 0 Å². The summed E-state index contributed by atoms with van der Waals surface area (Å²) in [6.07, 6.45) is 0. The van der Waals surface area contributed by atoms with Gasteiger partial charge in [-0.2, -0.15) is 0 Å². The number of hydrogen-bond acceptors (Lipinski definition) is 4. The molecule has 0 radical (unpaired) electrons. The van der Waals surface area contributed by atoms with Crippen molar-refractivity contribution in [3.05, 3.63) is 29.6 Å². The van der Waals surface area contributed by atoms with E-state index in [0.29, 0.717) is 5.69 Å². The van der Waals surface area contributed by atoms with Crippen LogP contribution in [-0.2, 0) is 9.59 Å². The zero-order valence-electron chi connectivity index (χ0n) is 12.3. The summed E-state index contributed by atoms with van der Waals surface area (Å²) in [7, 11) is 0. The van der Waals surface area contributed by atoms with Gasteiger partial charge in [0.2, 0.25) is 5.91 Å². The second kappa shape index (κ2) is 7.37. The van der Waals surface area contributed by atoms with Crippen LogP contribution in [0.1, 0.15) is 30.0 Å². The van der Waals surface area contributed by atoms with Gasteiger partial charge in [0.05, 0.1) is 0 Å². The van der Waals surface area contributed by atoms with Crippen LogP contribution in [0.3, 0.4) is 0 Å². The Morgan fingerprint density at radius 1 is 1.38 bits per heavy atom. The van der Waals surface area contributed by atoms with Gasteiger partial charge >= 0.3 is 5.97 Å². The molecule has 1 heterocycles. The van der Waals surface area contributed by atoms with Crippen LogP contribution >= 0.6 is 0 Å². The van der Waals surface area contributed by atoms with E-state index in [9.17, 15) is 14.4 Å². The summed E-state index contributed by atoms with van der Waals surface area (Å²) in [6, 6.07) is 3.97. The molecule has 1 atom stereocenters. The molecule has 0 spiro atoms. The lowest BCUT2D eigenvalue weighted by atomic mass is 10.2. The minimum absolute atomic E-state index is 0.0987. The van der Waals surface area contributed by atoms with Crippen LogP contribution in [0.2, 0.25) is 0 Å². The molecule has 7 heteroatoms. The molecule has 1 aromatic rings. The fourth-order valence-electron chi connectivity index (χ4n) is 1.77. The number of nitrogens with one attached hydrogen (secondary N) is 1. The molecule has 21 heavy (non-hydrogen) atoms. The Morgan fingerprint density at radius 3 is 2.57 bits per heavy atom. The molecule has 0 saturated carbocycles. The minimum Gasteiger partial charge on any atom is -0.480 e. The summed E-state index contributed by atoms with van der Waals surface area (Å²) >= 11 is 0. The minimum atomic E-state index is -1.11. The largest absolute Gasteiger partial charge is 0.480 e. The van der Waals surface area contributed by atoms with Crippen molar-refractivity contribution in [3.63, 3.8) is 0 Å². The Hall–Kier alpha value is -2.44. The Balaban J connectivity index is 2.91. The topological polar surface area (TPSA) is 99.6 Å². The average Bonchev–Trinajstić information content (AvgIpc) is 2.42. The molecule has 7 nitrogen and oxygen atoms in total. The molecule has 0 saturated heterocycles. The van der Waals surface area contributed by atoms with Crippen molar-refractivity contribution in [1.82, 2.24) is 15.2 Å². The summed E-state index contributed by atoms with van der Waals surface area (Å²) in [5.74, 6) is -1.82. The van der Waals surface area contributed by atoms with E-state index < -0.39 is 17.9 Å². The van der Waals surface area contributed by atoms with E-state index in [2.05, 4.69) is 10.3 Å². The number of carbonyl (C=O) groups is 3. The number of aliphatic carboxylic acids is 1.